The van der Waals surface area contributed by atoms with E-state index in [1.54, 1.807) is 18.2 Å². The molecule has 1 aromatic heterocycles. The summed E-state index contributed by atoms with van der Waals surface area (Å²) in [6, 6.07) is 13.0. The molecule has 1 heterocycles. The van der Waals surface area contributed by atoms with Gasteiger partial charge in [0.1, 0.15) is 17.2 Å². The van der Waals surface area contributed by atoms with Crippen LogP contribution < -0.4 is 10.5 Å². The third-order valence-corrected chi connectivity index (χ3v) is 4.53. The lowest BCUT2D eigenvalue weighted by Gasteiger charge is -2.12. The van der Waals surface area contributed by atoms with Crippen LogP contribution >= 0.6 is 36.4 Å². The summed E-state index contributed by atoms with van der Waals surface area (Å²) in [6.45, 7) is 0.853. The number of nitrogens with one attached hydrogen (secondary N) is 2. The largest absolute Gasteiger partial charge is 0.457 e. The quantitative estimate of drug-likeness (QED) is 0.376. The highest BCUT2D eigenvalue weighted by Crippen LogP contribution is 2.32. The first kappa shape index (κ1) is 25.6. The van der Waals surface area contributed by atoms with Gasteiger partial charge in [0.25, 0.3) is 5.91 Å². The van der Waals surface area contributed by atoms with Gasteiger partial charge < -0.3 is 20.4 Å². The second-order valence-corrected chi connectivity index (χ2v) is 7.19. The minimum atomic E-state index is -0.418. The molecule has 0 aliphatic heterocycles. The van der Waals surface area contributed by atoms with E-state index in [4.69, 9.17) is 27.5 Å². The molecule has 4 N–H and O–H groups in total. The second-order valence-electron chi connectivity index (χ2n) is 6.78. The summed E-state index contributed by atoms with van der Waals surface area (Å²) in [4.78, 5) is 18.5. The Balaban J connectivity index is 0.00000225. The molecule has 3 rings (SSSR count). The number of hydrogen-bond acceptors (Lipinski definition) is 4. The molecular weight excluding hydrogens is 449 g/mol. The van der Waals surface area contributed by atoms with Crippen LogP contribution in [0.15, 0.2) is 42.5 Å². The molecule has 0 unspecified atom stereocenters. The zero-order chi connectivity index (χ0) is 20.4. The number of aromatic amines is 1. The van der Waals surface area contributed by atoms with E-state index in [1.165, 1.54) is 12.6 Å². The number of nitrogens with two attached hydrogens (primary N) is 1. The highest BCUT2D eigenvalue weighted by molar-refractivity contribution is 6.35. The van der Waals surface area contributed by atoms with E-state index in [0.717, 1.165) is 11.4 Å². The molecule has 0 aliphatic carbocycles. The molecule has 0 bridgehead atoms. The maximum absolute atomic E-state index is 12.3. The molecule has 0 saturated carbocycles. The lowest BCUT2D eigenvalue weighted by atomic mass is 10.2. The Labute approximate surface area is 192 Å². The summed E-state index contributed by atoms with van der Waals surface area (Å²) in [5.74, 6) is 0.492. The first-order valence-electron chi connectivity index (χ1n) is 8.60. The molecule has 0 saturated heterocycles. The number of aromatic nitrogens is 1. The number of amides is 1. The Morgan fingerprint density at radius 3 is 2.30 bits per heavy atom. The van der Waals surface area contributed by atoms with Gasteiger partial charge in [0.15, 0.2) is 5.96 Å². The van der Waals surface area contributed by atoms with Crippen molar-refractivity contribution in [2.24, 2.45) is 5.73 Å². The van der Waals surface area contributed by atoms with Gasteiger partial charge in [-0.15, -0.1) is 24.8 Å². The van der Waals surface area contributed by atoms with Crippen molar-refractivity contribution in [1.29, 1.82) is 5.41 Å². The van der Waals surface area contributed by atoms with Gasteiger partial charge in [0.2, 0.25) is 0 Å². The van der Waals surface area contributed by atoms with Crippen LogP contribution in [0, 0.1) is 5.41 Å². The number of rotatable bonds is 5. The molecular formula is C20H24Cl3N5O2. The Kier molecular flexibility index (Phi) is 8.99. The van der Waals surface area contributed by atoms with Crippen molar-refractivity contribution in [2.75, 3.05) is 21.1 Å². The normalized spacial score (nSPS) is 10.3. The molecule has 7 nitrogen and oxygen atoms in total. The van der Waals surface area contributed by atoms with Crippen LogP contribution in [-0.4, -0.2) is 47.8 Å². The van der Waals surface area contributed by atoms with Gasteiger partial charge in [-0.3, -0.25) is 15.1 Å². The van der Waals surface area contributed by atoms with Crippen molar-refractivity contribution in [1.82, 2.24) is 14.8 Å². The van der Waals surface area contributed by atoms with E-state index in [9.17, 15) is 4.79 Å². The van der Waals surface area contributed by atoms with Crippen molar-refractivity contribution in [3.8, 4) is 11.5 Å². The Morgan fingerprint density at radius 1 is 1.10 bits per heavy atom. The summed E-state index contributed by atoms with van der Waals surface area (Å²) < 4.78 is 5.92. The van der Waals surface area contributed by atoms with E-state index in [2.05, 4.69) is 9.88 Å². The fourth-order valence-electron chi connectivity index (χ4n) is 2.80. The molecule has 162 valence electrons. The number of halogens is 3. The zero-order valence-electron chi connectivity index (χ0n) is 16.7. The van der Waals surface area contributed by atoms with Gasteiger partial charge in [0.05, 0.1) is 10.5 Å². The van der Waals surface area contributed by atoms with E-state index in [1.807, 2.05) is 38.4 Å². The third-order valence-electron chi connectivity index (χ3n) is 4.22. The zero-order valence-corrected chi connectivity index (χ0v) is 19.1. The van der Waals surface area contributed by atoms with E-state index >= 15 is 0 Å². The molecule has 1 amide bonds. The molecule has 0 aliphatic rings. The Morgan fingerprint density at radius 2 is 1.73 bits per heavy atom. The van der Waals surface area contributed by atoms with Crippen LogP contribution in [0.4, 0.5) is 0 Å². The van der Waals surface area contributed by atoms with E-state index in [0.29, 0.717) is 33.1 Å². The van der Waals surface area contributed by atoms with Gasteiger partial charge in [-0.25, -0.2) is 0 Å². The molecule has 10 heteroatoms. The highest BCUT2D eigenvalue weighted by Gasteiger charge is 2.18. The first-order valence-corrected chi connectivity index (χ1v) is 8.98. The minimum Gasteiger partial charge on any atom is -0.457 e. The lowest BCUT2D eigenvalue weighted by Crippen LogP contribution is -2.38. The summed E-state index contributed by atoms with van der Waals surface area (Å²) in [5.41, 5.74) is 7.51. The molecule has 0 atom stereocenters. The van der Waals surface area contributed by atoms with Crippen LogP contribution in [0.1, 0.15) is 16.1 Å². The highest BCUT2D eigenvalue weighted by atomic mass is 35.5. The van der Waals surface area contributed by atoms with Gasteiger partial charge in [-0.2, -0.15) is 0 Å². The van der Waals surface area contributed by atoms with E-state index in [-0.39, 0.29) is 30.8 Å². The number of H-pyrrole nitrogens is 1. The van der Waals surface area contributed by atoms with Crippen molar-refractivity contribution >= 4 is 59.2 Å². The second kappa shape index (κ2) is 10.5. The summed E-state index contributed by atoms with van der Waals surface area (Å²) in [6.07, 6.45) is 0. The van der Waals surface area contributed by atoms with Crippen LogP contribution in [0.5, 0.6) is 11.5 Å². The number of carbonyl (C=O) groups excluding carboxylic acids is 1. The SMILES string of the molecule is CN(C)Cc1ccc(Oc2cc(Cl)c3cc(C(=O)N(C)C(=N)N)[nH]c3c2)cc1.Cl.Cl. The van der Waals surface area contributed by atoms with Crippen LogP contribution in [0.3, 0.4) is 0 Å². The van der Waals surface area contributed by atoms with Crippen molar-refractivity contribution in [3.05, 3.63) is 58.7 Å². The molecule has 30 heavy (non-hydrogen) atoms. The van der Waals surface area contributed by atoms with Gasteiger partial charge in [-0.05, 0) is 37.9 Å². The predicted molar refractivity (Wildman–Crippen MR) is 126 cm³/mol. The van der Waals surface area contributed by atoms with Crippen LogP contribution in [0.2, 0.25) is 5.02 Å². The number of nitrogens with zero attached hydrogens (tertiary/aromatic N) is 2. The molecule has 0 radical (unpaired) electrons. The standard InChI is InChI=1S/C20H22ClN5O2.2ClH/c1-25(2)11-12-4-6-13(7-5-12)28-14-8-16(21)15-10-18(24-17(15)9-14)19(27)26(3)20(22)23;;/h4-10,24H,11H2,1-3H3,(H3,22,23);2*1H. The van der Waals surface area contributed by atoms with Crippen molar-refractivity contribution in [3.63, 3.8) is 0 Å². The summed E-state index contributed by atoms with van der Waals surface area (Å²) in [5, 5.41) is 8.54. The fraction of sp³-hybridized carbons (Fsp3) is 0.200. The van der Waals surface area contributed by atoms with Gasteiger partial charge in [0, 0.05) is 31.1 Å². The number of carbonyl (C=O) groups is 1. The molecule has 2 aromatic carbocycles. The minimum absolute atomic E-state index is 0. The molecule has 0 spiro atoms. The van der Waals surface area contributed by atoms with E-state index < -0.39 is 5.91 Å². The van der Waals surface area contributed by atoms with Crippen molar-refractivity contribution in [2.45, 2.75) is 6.54 Å². The smallest absolute Gasteiger partial charge is 0.276 e. The lowest BCUT2D eigenvalue weighted by molar-refractivity contribution is 0.0864. The summed E-state index contributed by atoms with van der Waals surface area (Å²) in [7, 11) is 5.47. The third kappa shape index (κ3) is 5.79. The first-order chi connectivity index (χ1) is 13.2. The van der Waals surface area contributed by atoms with Crippen molar-refractivity contribution < 1.29 is 9.53 Å². The van der Waals surface area contributed by atoms with Crippen LogP contribution in [-0.2, 0) is 6.54 Å². The maximum atomic E-state index is 12.3. The molecule has 0 fully saturated rings. The Bertz CT molecular complexity index is 1030. The number of hydrogen-bond donors (Lipinski definition) is 3. The van der Waals surface area contributed by atoms with Crippen LogP contribution in [0.25, 0.3) is 10.9 Å². The molecule has 3 aromatic rings. The number of ether oxygens (including phenoxy) is 1. The average Bonchev–Trinajstić information content (AvgIpc) is 3.06. The number of guanidine groups is 1. The maximum Gasteiger partial charge on any atom is 0.276 e. The number of fused-ring (bicyclic) bond motifs is 1. The van der Waals surface area contributed by atoms with Gasteiger partial charge >= 0.3 is 0 Å². The average molecular weight is 473 g/mol. The fourth-order valence-corrected chi connectivity index (χ4v) is 3.06. The topological polar surface area (TPSA) is 98.4 Å². The predicted octanol–water partition coefficient (Wildman–Crippen LogP) is 4.48. The monoisotopic (exact) mass is 471 g/mol. The Hall–Kier alpha value is -2.45. The van der Waals surface area contributed by atoms with Gasteiger partial charge in [-0.1, -0.05) is 23.7 Å². The summed E-state index contributed by atoms with van der Waals surface area (Å²) >= 11 is 6.37. The number of benzene rings is 2.